The molecule has 1 aromatic heterocycles. The topological polar surface area (TPSA) is 97.8 Å². The summed E-state index contributed by atoms with van der Waals surface area (Å²) in [7, 11) is 0. The van der Waals surface area contributed by atoms with Crippen molar-refractivity contribution >= 4 is 23.7 Å². The molecule has 0 spiro atoms. The number of ether oxygens (including phenoxy) is 2. The van der Waals surface area contributed by atoms with Crippen molar-refractivity contribution in [2.24, 2.45) is 0 Å². The fourth-order valence-electron chi connectivity index (χ4n) is 3.90. The molecular weight excluding hydrogens is 441 g/mol. The summed E-state index contributed by atoms with van der Waals surface area (Å²) in [6, 6.07) is 7.96. The van der Waals surface area contributed by atoms with Gasteiger partial charge >= 0.3 is 12.1 Å². The Kier molecular flexibility index (Phi) is 6.05. The molecule has 1 N–H and O–H groups in total. The molecule has 2 amide bonds. The summed E-state index contributed by atoms with van der Waals surface area (Å²) in [5.41, 5.74) is 0.560. The van der Waals surface area contributed by atoms with Crippen LogP contribution in [0.2, 0.25) is 0 Å². The molecular formula is C25H28FN3O5. The van der Waals surface area contributed by atoms with Crippen molar-refractivity contribution in [2.75, 3.05) is 18.0 Å². The molecule has 1 aliphatic carbocycles. The largest absolute Gasteiger partial charge is 0.459 e. The molecule has 1 aromatic carbocycles. The molecule has 9 heteroatoms. The number of carbonyl (C=O) groups excluding carboxylic acids is 3. The number of carbonyl (C=O) groups is 3. The molecule has 34 heavy (non-hydrogen) atoms. The summed E-state index contributed by atoms with van der Waals surface area (Å²) >= 11 is 0. The highest BCUT2D eigenvalue weighted by atomic mass is 19.1. The molecule has 2 heterocycles. The van der Waals surface area contributed by atoms with Crippen LogP contribution in [0.15, 0.2) is 36.5 Å². The second kappa shape index (κ2) is 8.70. The Bertz CT molecular complexity index is 1120. The Morgan fingerprint density at radius 1 is 1.26 bits per heavy atom. The standard InChI is InChI=1S/C25H28FN3O5/c1-15(30)27-13-18-14-29(23(32)33-18)17-6-7-19(20(26)11-17)16-5-8-21(28-12-16)25(9-10-25)22(31)34-24(2,3)4/h5-8,11-12,18H,9-10,13-14H2,1-4H3,(H,27,30)/t18-/m0/s1. The third-order valence-corrected chi connectivity index (χ3v) is 5.82. The number of rotatable bonds is 6. The summed E-state index contributed by atoms with van der Waals surface area (Å²) in [5, 5.41) is 2.61. The smallest absolute Gasteiger partial charge is 0.414 e. The number of hydrogen-bond acceptors (Lipinski definition) is 6. The van der Waals surface area contributed by atoms with E-state index in [1.807, 2.05) is 20.8 Å². The number of aromatic nitrogens is 1. The van der Waals surface area contributed by atoms with Gasteiger partial charge < -0.3 is 14.8 Å². The number of amides is 2. The summed E-state index contributed by atoms with van der Waals surface area (Å²) in [5.74, 6) is -1.02. The molecule has 1 aliphatic heterocycles. The lowest BCUT2D eigenvalue weighted by Gasteiger charge is -2.23. The van der Waals surface area contributed by atoms with Crippen molar-refractivity contribution in [3.63, 3.8) is 0 Å². The average molecular weight is 470 g/mol. The normalized spacial score (nSPS) is 18.9. The predicted octanol–water partition coefficient (Wildman–Crippen LogP) is 3.72. The molecule has 2 fully saturated rings. The molecule has 0 radical (unpaired) electrons. The van der Waals surface area contributed by atoms with Gasteiger partial charge in [-0.15, -0.1) is 0 Å². The zero-order chi connectivity index (χ0) is 24.7. The molecule has 0 unspecified atom stereocenters. The van der Waals surface area contributed by atoms with Gasteiger partial charge in [0, 0.05) is 24.2 Å². The number of benzene rings is 1. The van der Waals surface area contributed by atoms with Gasteiger partial charge in [0.1, 0.15) is 22.9 Å². The highest BCUT2D eigenvalue weighted by Crippen LogP contribution is 2.49. The van der Waals surface area contributed by atoms with Gasteiger partial charge in [-0.05, 0) is 57.9 Å². The van der Waals surface area contributed by atoms with Crippen LogP contribution >= 0.6 is 0 Å². The van der Waals surface area contributed by atoms with Crippen LogP contribution < -0.4 is 10.2 Å². The van der Waals surface area contributed by atoms with Gasteiger partial charge in [0.15, 0.2) is 0 Å². The minimum atomic E-state index is -0.724. The zero-order valence-electron chi connectivity index (χ0n) is 19.7. The summed E-state index contributed by atoms with van der Waals surface area (Å²) in [4.78, 5) is 41.7. The van der Waals surface area contributed by atoms with Crippen molar-refractivity contribution in [1.29, 1.82) is 0 Å². The van der Waals surface area contributed by atoms with E-state index >= 15 is 0 Å². The van der Waals surface area contributed by atoms with E-state index in [-0.39, 0.29) is 25.0 Å². The molecule has 1 saturated carbocycles. The van der Waals surface area contributed by atoms with Crippen molar-refractivity contribution < 1.29 is 28.2 Å². The first kappa shape index (κ1) is 23.7. The third-order valence-electron chi connectivity index (χ3n) is 5.82. The first-order chi connectivity index (χ1) is 16.0. The molecule has 8 nitrogen and oxygen atoms in total. The average Bonchev–Trinajstić information content (AvgIpc) is 3.49. The third kappa shape index (κ3) is 4.88. The van der Waals surface area contributed by atoms with E-state index in [1.165, 1.54) is 17.9 Å². The van der Waals surface area contributed by atoms with E-state index in [2.05, 4.69) is 10.3 Å². The van der Waals surface area contributed by atoms with Gasteiger partial charge in [-0.2, -0.15) is 0 Å². The van der Waals surface area contributed by atoms with E-state index in [1.54, 1.807) is 30.5 Å². The first-order valence-corrected chi connectivity index (χ1v) is 11.2. The molecule has 2 aromatic rings. The second-order valence-corrected chi connectivity index (χ2v) is 9.73. The van der Waals surface area contributed by atoms with Crippen molar-refractivity contribution in [3.05, 3.63) is 48.0 Å². The highest BCUT2D eigenvalue weighted by Gasteiger charge is 2.55. The number of cyclic esters (lactones) is 1. The zero-order valence-corrected chi connectivity index (χ0v) is 19.7. The van der Waals surface area contributed by atoms with Crippen LogP contribution in [0.1, 0.15) is 46.2 Å². The van der Waals surface area contributed by atoms with Gasteiger partial charge in [-0.1, -0.05) is 6.07 Å². The van der Waals surface area contributed by atoms with Crippen LogP contribution in [0.5, 0.6) is 0 Å². The molecule has 1 saturated heterocycles. The second-order valence-electron chi connectivity index (χ2n) is 9.73. The Hall–Kier alpha value is -3.49. The maximum Gasteiger partial charge on any atom is 0.414 e. The van der Waals surface area contributed by atoms with Gasteiger partial charge in [-0.25, -0.2) is 9.18 Å². The summed E-state index contributed by atoms with van der Waals surface area (Å²) in [6.07, 6.45) is 1.80. The van der Waals surface area contributed by atoms with Crippen LogP contribution in [-0.4, -0.2) is 47.7 Å². The lowest BCUT2D eigenvalue weighted by atomic mass is 9.99. The maximum atomic E-state index is 15.0. The van der Waals surface area contributed by atoms with Gasteiger partial charge in [-0.3, -0.25) is 19.5 Å². The number of pyridine rings is 1. The van der Waals surface area contributed by atoms with E-state index in [9.17, 15) is 18.8 Å². The maximum absolute atomic E-state index is 15.0. The fourth-order valence-corrected chi connectivity index (χ4v) is 3.90. The Labute approximate surface area is 197 Å². The predicted molar refractivity (Wildman–Crippen MR) is 123 cm³/mol. The van der Waals surface area contributed by atoms with Crippen molar-refractivity contribution in [2.45, 2.75) is 57.7 Å². The van der Waals surface area contributed by atoms with Crippen LogP contribution in [0.25, 0.3) is 11.1 Å². The van der Waals surface area contributed by atoms with Crippen molar-refractivity contribution in [1.82, 2.24) is 10.3 Å². The van der Waals surface area contributed by atoms with Crippen LogP contribution in [0.4, 0.5) is 14.9 Å². The lowest BCUT2D eigenvalue weighted by Crippen LogP contribution is -2.33. The first-order valence-electron chi connectivity index (χ1n) is 11.2. The number of anilines is 1. The Morgan fingerprint density at radius 2 is 2.00 bits per heavy atom. The SMILES string of the molecule is CC(=O)NC[C@H]1CN(c2ccc(-c3ccc(C4(C(=O)OC(C)(C)C)CC4)nc3)c(F)c2)C(=O)O1. The van der Waals surface area contributed by atoms with E-state index in [0.717, 1.165) is 0 Å². The van der Waals surface area contributed by atoms with Crippen molar-refractivity contribution in [3.8, 4) is 11.1 Å². The monoisotopic (exact) mass is 469 g/mol. The molecule has 2 aliphatic rings. The van der Waals surface area contributed by atoms with Gasteiger partial charge in [0.2, 0.25) is 5.91 Å². The van der Waals surface area contributed by atoms with E-state index in [4.69, 9.17) is 9.47 Å². The molecule has 1 atom stereocenters. The van der Waals surface area contributed by atoms with Crippen LogP contribution in [0.3, 0.4) is 0 Å². The minimum absolute atomic E-state index is 0.195. The quantitative estimate of drug-likeness (QED) is 0.648. The Balaban J connectivity index is 1.48. The number of nitrogens with zero attached hydrogens (tertiary/aromatic N) is 2. The molecule has 4 rings (SSSR count). The molecule has 180 valence electrons. The Morgan fingerprint density at radius 3 is 2.56 bits per heavy atom. The summed E-state index contributed by atoms with van der Waals surface area (Å²) < 4.78 is 25.8. The number of hydrogen-bond donors (Lipinski definition) is 1. The van der Waals surface area contributed by atoms with E-state index < -0.39 is 29.0 Å². The minimum Gasteiger partial charge on any atom is -0.459 e. The lowest BCUT2D eigenvalue weighted by molar-refractivity contribution is -0.158. The van der Waals surface area contributed by atoms with Gasteiger partial charge in [0.05, 0.1) is 24.5 Å². The highest BCUT2D eigenvalue weighted by molar-refractivity contribution is 5.90. The number of nitrogens with one attached hydrogen (secondary N) is 1. The molecule has 0 bridgehead atoms. The van der Waals surface area contributed by atoms with Gasteiger partial charge in [0.25, 0.3) is 0 Å². The van der Waals surface area contributed by atoms with Crippen LogP contribution in [-0.2, 0) is 24.5 Å². The van der Waals surface area contributed by atoms with E-state index in [0.29, 0.717) is 35.3 Å². The summed E-state index contributed by atoms with van der Waals surface area (Å²) in [6.45, 7) is 7.27. The number of halogens is 1. The van der Waals surface area contributed by atoms with Crippen LogP contribution in [0, 0.1) is 5.82 Å². The number of esters is 1. The fraction of sp³-hybridized carbons (Fsp3) is 0.440.